The minimum atomic E-state index is -3.26. The molecule has 0 saturated carbocycles. The molecule has 0 aliphatic carbocycles. The van der Waals surface area contributed by atoms with Gasteiger partial charge in [0.05, 0.1) is 17.3 Å². The number of anilines is 2. The number of amides is 1. The third-order valence-corrected chi connectivity index (χ3v) is 7.04. The van der Waals surface area contributed by atoms with Gasteiger partial charge in [-0.1, -0.05) is 0 Å². The largest absolute Gasteiger partial charge is 0.330 e. The first-order valence-electron chi connectivity index (χ1n) is 8.31. The number of hydrogen-bond donors (Lipinski definition) is 0. The van der Waals surface area contributed by atoms with Crippen LogP contribution < -0.4 is 9.80 Å². The maximum atomic E-state index is 12.5. The molecular weight excluding hydrogens is 376 g/mol. The van der Waals surface area contributed by atoms with Gasteiger partial charge in [-0.25, -0.2) is 8.42 Å². The van der Waals surface area contributed by atoms with Crippen LogP contribution in [-0.4, -0.2) is 65.8 Å². The third kappa shape index (κ3) is 2.89. The molecule has 1 unspecified atom stereocenters. The zero-order valence-electron chi connectivity index (χ0n) is 14.6. The summed E-state index contributed by atoms with van der Waals surface area (Å²) in [5, 5.41) is 11.3. The van der Waals surface area contributed by atoms with Crippen molar-refractivity contribution in [3.8, 4) is 0 Å². The molecule has 4 heterocycles. The number of carbonyl (C=O) groups is 1. The Morgan fingerprint density at radius 3 is 2.62 bits per heavy atom. The zero-order valence-corrected chi connectivity index (χ0v) is 16.2. The van der Waals surface area contributed by atoms with Crippen LogP contribution in [0.4, 0.5) is 10.9 Å². The van der Waals surface area contributed by atoms with Crippen molar-refractivity contribution in [3.05, 3.63) is 23.3 Å². The van der Waals surface area contributed by atoms with Gasteiger partial charge < -0.3 is 9.80 Å². The van der Waals surface area contributed by atoms with Crippen LogP contribution in [0, 0.1) is 0 Å². The van der Waals surface area contributed by atoms with E-state index in [0.29, 0.717) is 31.4 Å². The monoisotopic (exact) mass is 396 g/mol. The first-order valence-corrected chi connectivity index (χ1v) is 11.0. The molecule has 0 radical (unpaired) electrons. The number of piperazine rings is 1. The maximum Gasteiger partial charge on any atom is 0.247 e. The number of carbonyl (C=O) groups excluding carboxylic acids is 1. The summed E-state index contributed by atoms with van der Waals surface area (Å²) in [5.74, 6) is 1.23. The fourth-order valence-electron chi connectivity index (χ4n) is 3.42. The number of sulfonamides is 1. The lowest BCUT2D eigenvalue weighted by atomic mass is 10.1. The summed E-state index contributed by atoms with van der Waals surface area (Å²) < 4.78 is 26.9. The summed E-state index contributed by atoms with van der Waals surface area (Å²) in [6, 6.07) is 3.59. The SMILES string of the molecule is Cn1c(C2CCN2S(C)(=O)=O)nnc1N1CCN(c2cccs2)C(=O)C1. The molecule has 140 valence electrons. The lowest BCUT2D eigenvalue weighted by molar-refractivity contribution is -0.117. The number of thiophene rings is 1. The van der Waals surface area contributed by atoms with Crippen LogP contribution in [0.25, 0.3) is 0 Å². The van der Waals surface area contributed by atoms with Crippen molar-refractivity contribution in [1.82, 2.24) is 19.1 Å². The van der Waals surface area contributed by atoms with Crippen molar-refractivity contribution < 1.29 is 13.2 Å². The molecule has 2 aromatic heterocycles. The van der Waals surface area contributed by atoms with Gasteiger partial charge in [-0.2, -0.15) is 4.31 Å². The van der Waals surface area contributed by atoms with E-state index in [0.717, 1.165) is 11.4 Å². The highest BCUT2D eigenvalue weighted by atomic mass is 32.2. The van der Waals surface area contributed by atoms with Gasteiger partial charge in [-0.15, -0.1) is 21.5 Å². The van der Waals surface area contributed by atoms with E-state index < -0.39 is 10.0 Å². The van der Waals surface area contributed by atoms with Gasteiger partial charge in [-0.05, 0) is 23.9 Å². The highest BCUT2D eigenvalue weighted by Crippen LogP contribution is 2.35. The Bertz CT molecular complexity index is 923. The number of aromatic nitrogens is 3. The maximum absolute atomic E-state index is 12.5. The summed E-state index contributed by atoms with van der Waals surface area (Å²) in [4.78, 5) is 16.2. The molecule has 26 heavy (non-hydrogen) atoms. The third-order valence-electron chi connectivity index (χ3n) is 4.86. The Hall–Kier alpha value is -1.98. The van der Waals surface area contributed by atoms with Crippen molar-refractivity contribution in [2.24, 2.45) is 7.05 Å². The molecule has 2 aliphatic heterocycles. The second-order valence-corrected chi connectivity index (χ2v) is 9.37. The molecule has 11 heteroatoms. The van der Waals surface area contributed by atoms with Gasteiger partial charge in [0, 0.05) is 26.7 Å². The minimum absolute atomic E-state index is 0.0182. The van der Waals surface area contributed by atoms with Gasteiger partial charge in [0.2, 0.25) is 21.9 Å². The van der Waals surface area contributed by atoms with Crippen molar-refractivity contribution in [2.45, 2.75) is 12.5 Å². The molecule has 1 amide bonds. The van der Waals surface area contributed by atoms with Crippen molar-refractivity contribution in [3.63, 3.8) is 0 Å². The molecule has 0 bridgehead atoms. The molecule has 4 rings (SSSR count). The average molecular weight is 396 g/mol. The fourth-order valence-corrected chi connectivity index (χ4v) is 5.29. The van der Waals surface area contributed by atoms with Gasteiger partial charge >= 0.3 is 0 Å². The fraction of sp³-hybridized carbons (Fsp3) is 0.533. The Morgan fingerprint density at radius 1 is 1.23 bits per heavy atom. The van der Waals surface area contributed by atoms with Gasteiger partial charge in [0.25, 0.3) is 0 Å². The quantitative estimate of drug-likeness (QED) is 0.745. The van der Waals surface area contributed by atoms with Crippen LogP contribution in [0.1, 0.15) is 18.3 Å². The highest BCUT2D eigenvalue weighted by molar-refractivity contribution is 7.88. The van der Waals surface area contributed by atoms with Gasteiger partial charge in [0.1, 0.15) is 6.54 Å². The number of nitrogens with zero attached hydrogens (tertiary/aromatic N) is 6. The summed E-state index contributed by atoms with van der Waals surface area (Å²) >= 11 is 1.55. The van der Waals surface area contributed by atoms with Crippen molar-refractivity contribution in [2.75, 3.05) is 42.2 Å². The van der Waals surface area contributed by atoms with E-state index in [4.69, 9.17) is 0 Å². The Morgan fingerprint density at radius 2 is 2.04 bits per heavy atom. The molecule has 1 atom stereocenters. The predicted octanol–water partition coefficient (Wildman–Crippen LogP) is 0.436. The average Bonchev–Trinajstić information content (AvgIpc) is 3.16. The van der Waals surface area contributed by atoms with Crippen LogP contribution in [0.2, 0.25) is 0 Å². The van der Waals surface area contributed by atoms with Gasteiger partial charge in [-0.3, -0.25) is 9.36 Å². The second kappa shape index (κ2) is 6.32. The molecule has 2 fully saturated rings. The van der Waals surface area contributed by atoms with E-state index in [1.165, 1.54) is 10.6 Å². The van der Waals surface area contributed by atoms with Gasteiger partial charge in [0.15, 0.2) is 5.82 Å². The molecule has 2 aliphatic rings. The summed E-state index contributed by atoms with van der Waals surface area (Å²) in [6.45, 7) is 1.96. The lowest BCUT2D eigenvalue weighted by Gasteiger charge is -2.38. The smallest absolute Gasteiger partial charge is 0.247 e. The van der Waals surface area contributed by atoms with Crippen LogP contribution in [0.15, 0.2) is 17.5 Å². The normalized spacial score (nSPS) is 21.9. The van der Waals surface area contributed by atoms with E-state index in [1.54, 1.807) is 20.8 Å². The summed E-state index contributed by atoms with van der Waals surface area (Å²) in [6.07, 6.45) is 1.93. The van der Waals surface area contributed by atoms with E-state index >= 15 is 0 Å². The molecule has 9 nitrogen and oxygen atoms in total. The summed E-state index contributed by atoms with van der Waals surface area (Å²) in [5.41, 5.74) is 0. The Balaban J connectivity index is 1.52. The molecule has 2 aromatic rings. The van der Waals surface area contributed by atoms with Crippen molar-refractivity contribution >= 4 is 38.2 Å². The van der Waals surface area contributed by atoms with Crippen molar-refractivity contribution in [1.29, 1.82) is 0 Å². The summed E-state index contributed by atoms with van der Waals surface area (Å²) in [7, 11) is -1.44. The van der Waals surface area contributed by atoms with E-state index in [-0.39, 0.29) is 18.5 Å². The molecule has 0 N–H and O–H groups in total. The van der Waals surface area contributed by atoms with Crippen LogP contribution in [-0.2, 0) is 21.9 Å². The second-order valence-electron chi connectivity index (χ2n) is 6.51. The molecule has 0 aromatic carbocycles. The van der Waals surface area contributed by atoms with E-state index in [9.17, 15) is 13.2 Å². The lowest BCUT2D eigenvalue weighted by Crippen LogP contribution is -2.51. The minimum Gasteiger partial charge on any atom is -0.330 e. The molecular formula is C15H20N6O3S2. The first-order chi connectivity index (χ1) is 12.4. The Labute approximate surface area is 155 Å². The number of rotatable bonds is 4. The van der Waals surface area contributed by atoms with E-state index in [1.807, 2.05) is 29.5 Å². The number of hydrogen-bond acceptors (Lipinski definition) is 7. The highest BCUT2D eigenvalue weighted by Gasteiger charge is 2.40. The Kier molecular flexibility index (Phi) is 4.24. The molecule has 2 saturated heterocycles. The topological polar surface area (TPSA) is 91.6 Å². The zero-order chi connectivity index (χ0) is 18.5. The van der Waals surface area contributed by atoms with Crippen LogP contribution in [0.5, 0.6) is 0 Å². The van der Waals surface area contributed by atoms with Crippen LogP contribution in [0.3, 0.4) is 0 Å². The molecule has 0 spiro atoms. The van der Waals surface area contributed by atoms with E-state index in [2.05, 4.69) is 10.2 Å². The first kappa shape index (κ1) is 17.4. The van der Waals surface area contributed by atoms with Crippen LogP contribution >= 0.6 is 11.3 Å². The standard InChI is InChI=1S/C15H20N6O3S2/c1-18-14(11-5-6-21(11)26(2,23)24)16-17-15(18)19-7-8-20(12(22)10-19)13-4-3-9-25-13/h3-4,9,11H,5-8,10H2,1-2H3. The predicted molar refractivity (Wildman–Crippen MR) is 98.8 cm³/mol.